The fourth-order valence-corrected chi connectivity index (χ4v) is 4.34. The number of halogens is 2. The fourth-order valence-electron chi connectivity index (χ4n) is 3.08. The lowest BCUT2D eigenvalue weighted by Crippen LogP contribution is -2.30. The highest BCUT2D eigenvalue weighted by Gasteiger charge is 2.31. The molecule has 0 saturated heterocycles. The number of hydroxylamine groups is 1. The van der Waals surface area contributed by atoms with Gasteiger partial charge in [0.05, 0.1) is 16.1 Å². The minimum absolute atomic E-state index is 0.168. The van der Waals surface area contributed by atoms with Crippen LogP contribution in [0.15, 0.2) is 87.8 Å². The topological polar surface area (TPSA) is 141 Å². The van der Waals surface area contributed by atoms with Gasteiger partial charge >= 0.3 is 6.09 Å². The van der Waals surface area contributed by atoms with E-state index in [4.69, 9.17) is 19.9 Å². The molecule has 3 rings (SSSR count). The van der Waals surface area contributed by atoms with Gasteiger partial charge in [-0.2, -0.15) is 5.26 Å². The van der Waals surface area contributed by atoms with Crippen molar-refractivity contribution in [3.05, 3.63) is 99.0 Å². The van der Waals surface area contributed by atoms with Gasteiger partial charge in [-0.3, -0.25) is 15.3 Å². The number of ether oxygens (including phenoxy) is 2. The number of hydrogen-bond acceptors (Lipinski definition) is 7. The molecular formula is C25H19Br2N3O6. The lowest BCUT2D eigenvalue weighted by atomic mass is 10.0. The first-order chi connectivity index (χ1) is 17.3. The van der Waals surface area contributed by atoms with Gasteiger partial charge < -0.3 is 14.6 Å². The molecule has 0 aliphatic heterocycles. The number of aromatic hydroxyl groups is 1. The van der Waals surface area contributed by atoms with Crippen molar-refractivity contribution in [3.8, 4) is 17.6 Å². The first kappa shape index (κ1) is 26.7. The van der Waals surface area contributed by atoms with Crippen LogP contribution in [0.3, 0.4) is 0 Å². The summed E-state index contributed by atoms with van der Waals surface area (Å²) < 4.78 is 12.6. The number of rotatable bonds is 8. The molecule has 36 heavy (non-hydrogen) atoms. The third-order valence-corrected chi connectivity index (χ3v) is 5.78. The maximum absolute atomic E-state index is 12.9. The summed E-state index contributed by atoms with van der Waals surface area (Å²) >= 11 is 6.63. The van der Waals surface area contributed by atoms with Crippen LogP contribution < -0.4 is 15.5 Å². The van der Waals surface area contributed by atoms with Crippen LogP contribution in [0.2, 0.25) is 0 Å². The highest BCUT2D eigenvalue weighted by molar-refractivity contribution is 9.11. The molecular weight excluding hydrogens is 598 g/mol. The number of nitriles is 1. The zero-order valence-corrected chi connectivity index (χ0v) is 21.6. The molecule has 3 aromatic carbocycles. The number of phenolic OH excluding ortho intramolecular Hbond substituents is 1. The Bertz CT molecular complexity index is 1290. The molecule has 0 saturated carbocycles. The van der Waals surface area contributed by atoms with Gasteiger partial charge in [0.25, 0.3) is 5.91 Å². The number of carbonyl (C=O) groups is 2. The molecule has 0 aliphatic carbocycles. The fraction of sp³-hybridized carbons (Fsp3) is 0.0800. The summed E-state index contributed by atoms with van der Waals surface area (Å²) in [6.45, 7) is 0. The van der Waals surface area contributed by atoms with E-state index in [-0.39, 0.29) is 11.3 Å². The summed E-state index contributed by atoms with van der Waals surface area (Å²) in [6.07, 6.45) is -0.982. The number of benzene rings is 3. The third kappa shape index (κ3) is 7.32. The molecule has 11 heteroatoms. The van der Waals surface area contributed by atoms with Gasteiger partial charge in [0.2, 0.25) is 0 Å². The minimum Gasteiger partial charge on any atom is -0.506 e. The second-order valence-electron chi connectivity index (χ2n) is 7.20. The number of para-hydroxylation sites is 1. The normalized spacial score (nSPS) is 12.3. The van der Waals surface area contributed by atoms with Gasteiger partial charge in [-0.25, -0.2) is 10.3 Å². The van der Waals surface area contributed by atoms with Crippen LogP contribution >= 0.6 is 31.9 Å². The number of anilines is 1. The predicted octanol–water partition coefficient (Wildman–Crippen LogP) is 5.59. The number of nitrogens with zero attached hydrogens (tertiary/aromatic N) is 1. The zero-order chi connectivity index (χ0) is 26.1. The molecule has 0 fully saturated rings. The van der Waals surface area contributed by atoms with E-state index < -0.39 is 24.2 Å². The number of carbonyl (C=O) groups excluding carboxylic acids is 2. The standard InChI is InChI=1S/C25H19Br2N3O6/c26-16-12-19(23(32)20(27)13-16)24(36-25(33)29-17-8-6-15(14-28)7-9-17)21(10-11-22(31)30-34)35-18-4-2-1-3-5-18/h1-13,21,24,32,34H,(H,29,33)(H,30,31)/b11-10+/t21-,24-/m0/s1. The Morgan fingerprint density at radius 2 is 1.75 bits per heavy atom. The van der Waals surface area contributed by atoms with Crippen LogP contribution in [0, 0.1) is 11.3 Å². The molecule has 0 unspecified atom stereocenters. The number of hydrogen-bond donors (Lipinski definition) is 4. The smallest absolute Gasteiger partial charge is 0.412 e. The predicted molar refractivity (Wildman–Crippen MR) is 137 cm³/mol. The maximum atomic E-state index is 12.9. The van der Waals surface area contributed by atoms with Crippen molar-refractivity contribution in [1.82, 2.24) is 5.48 Å². The SMILES string of the molecule is N#Cc1ccc(NC(=O)O[C@@H](c2cc(Br)cc(Br)c2O)[C@H](/C=C/C(=O)NO)Oc2ccccc2)cc1. The summed E-state index contributed by atoms with van der Waals surface area (Å²) in [5.74, 6) is -0.653. The molecule has 184 valence electrons. The van der Waals surface area contributed by atoms with Crippen LogP contribution in [0.25, 0.3) is 0 Å². The van der Waals surface area contributed by atoms with E-state index in [0.717, 1.165) is 6.08 Å². The van der Waals surface area contributed by atoms with E-state index in [2.05, 4.69) is 37.2 Å². The van der Waals surface area contributed by atoms with Crippen molar-refractivity contribution in [2.45, 2.75) is 12.2 Å². The molecule has 9 nitrogen and oxygen atoms in total. The molecule has 0 radical (unpaired) electrons. The Balaban J connectivity index is 2.01. The van der Waals surface area contributed by atoms with E-state index in [1.807, 2.05) is 6.07 Å². The second kappa shape index (κ2) is 12.7. The Labute approximate surface area is 223 Å². The summed E-state index contributed by atoms with van der Waals surface area (Å²) in [6, 6.07) is 19.8. The Hall–Kier alpha value is -3.85. The van der Waals surface area contributed by atoms with Crippen molar-refractivity contribution in [2.24, 2.45) is 0 Å². The van der Waals surface area contributed by atoms with Crippen LogP contribution in [0.4, 0.5) is 10.5 Å². The van der Waals surface area contributed by atoms with Gasteiger partial charge in [0.15, 0.2) is 12.2 Å². The van der Waals surface area contributed by atoms with Crippen LogP contribution in [-0.2, 0) is 9.53 Å². The summed E-state index contributed by atoms with van der Waals surface area (Å²) in [5.41, 5.74) is 2.44. The van der Waals surface area contributed by atoms with E-state index in [0.29, 0.717) is 25.9 Å². The van der Waals surface area contributed by atoms with Gasteiger partial charge in [-0.1, -0.05) is 34.1 Å². The van der Waals surface area contributed by atoms with E-state index in [9.17, 15) is 14.7 Å². The van der Waals surface area contributed by atoms with Crippen LogP contribution in [0.1, 0.15) is 17.2 Å². The Morgan fingerprint density at radius 3 is 2.39 bits per heavy atom. The first-order valence-corrected chi connectivity index (χ1v) is 11.9. The lowest BCUT2D eigenvalue weighted by Gasteiger charge is -2.27. The Morgan fingerprint density at radius 1 is 1.06 bits per heavy atom. The van der Waals surface area contributed by atoms with Crippen molar-refractivity contribution in [1.29, 1.82) is 5.26 Å². The number of nitrogens with one attached hydrogen (secondary N) is 2. The van der Waals surface area contributed by atoms with E-state index >= 15 is 0 Å². The molecule has 0 heterocycles. The van der Waals surface area contributed by atoms with E-state index in [1.165, 1.54) is 35.8 Å². The van der Waals surface area contributed by atoms with Crippen molar-refractivity contribution in [2.75, 3.05) is 5.32 Å². The lowest BCUT2D eigenvalue weighted by molar-refractivity contribution is -0.124. The van der Waals surface area contributed by atoms with Crippen molar-refractivity contribution < 1.29 is 29.4 Å². The first-order valence-electron chi connectivity index (χ1n) is 10.3. The molecule has 0 aliphatic rings. The minimum atomic E-state index is -1.26. The summed E-state index contributed by atoms with van der Waals surface area (Å²) in [4.78, 5) is 24.6. The molecule has 0 spiro atoms. The van der Waals surface area contributed by atoms with E-state index in [1.54, 1.807) is 42.5 Å². The molecule has 4 N–H and O–H groups in total. The molecule has 2 atom stereocenters. The summed E-state index contributed by atoms with van der Waals surface area (Å²) in [7, 11) is 0. The molecule has 0 bridgehead atoms. The molecule has 3 aromatic rings. The number of phenols is 1. The second-order valence-corrected chi connectivity index (χ2v) is 8.97. The van der Waals surface area contributed by atoms with Crippen molar-refractivity contribution in [3.63, 3.8) is 0 Å². The van der Waals surface area contributed by atoms with Crippen LogP contribution in [0.5, 0.6) is 11.5 Å². The summed E-state index contributed by atoms with van der Waals surface area (Å²) in [5, 5.41) is 31.2. The van der Waals surface area contributed by atoms with Gasteiger partial charge in [0.1, 0.15) is 11.5 Å². The third-order valence-electron chi connectivity index (χ3n) is 4.72. The Kier molecular flexibility index (Phi) is 9.46. The number of amides is 2. The van der Waals surface area contributed by atoms with Gasteiger partial charge in [-0.05, 0) is 70.5 Å². The highest BCUT2D eigenvalue weighted by Crippen LogP contribution is 2.39. The molecule has 2 amide bonds. The van der Waals surface area contributed by atoms with Gasteiger partial charge in [-0.15, -0.1) is 0 Å². The largest absolute Gasteiger partial charge is 0.506 e. The maximum Gasteiger partial charge on any atom is 0.412 e. The van der Waals surface area contributed by atoms with Crippen molar-refractivity contribution >= 4 is 49.5 Å². The zero-order valence-electron chi connectivity index (χ0n) is 18.4. The average molecular weight is 617 g/mol. The monoisotopic (exact) mass is 615 g/mol. The average Bonchev–Trinajstić information content (AvgIpc) is 2.88. The quantitative estimate of drug-likeness (QED) is 0.147. The van der Waals surface area contributed by atoms with Crippen LogP contribution in [-0.4, -0.2) is 28.4 Å². The van der Waals surface area contributed by atoms with Gasteiger partial charge in [0, 0.05) is 21.8 Å². The highest BCUT2D eigenvalue weighted by atomic mass is 79.9. The molecule has 0 aromatic heterocycles.